The molecule has 0 aromatic carbocycles. The molecule has 0 aromatic heterocycles. The van der Waals surface area contributed by atoms with Gasteiger partial charge in [-0.3, -0.25) is 9.69 Å². The zero-order valence-electron chi connectivity index (χ0n) is 19.2. The van der Waals surface area contributed by atoms with Gasteiger partial charge in [-0.2, -0.15) is 0 Å². The molecule has 4 aliphatic carbocycles. The second kappa shape index (κ2) is 6.95. The maximum Gasteiger partial charge on any atom is 0.156 e. The predicted molar refractivity (Wildman–Crippen MR) is 121 cm³/mol. The molecule has 164 valence electrons. The van der Waals surface area contributed by atoms with Crippen molar-refractivity contribution in [3.63, 3.8) is 0 Å². The quantitative estimate of drug-likeness (QED) is 0.629. The Morgan fingerprint density at radius 1 is 0.933 bits per heavy atom. The third kappa shape index (κ3) is 2.69. The minimum Gasteiger partial charge on any atom is -0.375 e. The zero-order chi connectivity index (χ0) is 20.5. The summed E-state index contributed by atoms with van der Waals surface area (Å²) in [4.78, 5) is 18.8. The highest BCUT2D eigenvalue weighted by atomic mass is 16.1. The normalized spacial score (nSPS) is 46.3. The summed E-state index contributed by atoms with van der Waals surface area (Å²) < 4.78 is 0. The molecule has 3 heteroatoms. The minimum atomic E-state index is -0.0542. The van der Waals surface area contributed by atoms with Gasteiger partial charge in [0.25, 0.3) is 0 Å². The van der Waals surface area contributed by atoms with Crippen LogP contribution in [0.1, 0.15) is 78.1 Å². The van der Waals surface area contributed by atoms with Gasteiger partial charge in [0.1, 0.15) is 0 Å². The van der Waals surface area contributed by atoms with Crippen LogP contribution in [0.4, 0.5) is 0 Å². The molecule has 2 saturated carbocycles. The fourth-order valence-corrected chi connectivity index (χ4v) is 8.72. The van der Waals surface area contributed by atoms with E-state index in [-0.39, 0.29) is 11.5 Å². The highest BCUT2D eigenvalue weighted by Crippen LogP contribution is 2.64. The number of hydrogen-bond acceptors (Lipinski definition) is 3. The SMILES string of the molecule is C[C@]12CCC(N3CCCC3)=CC1=CC[C@@H]1[C@@H]2CC[C@]2(C)C(=O)[C@@H](N3CCCC3)C[C@@H]12. The van der Waals surface area contributed by atoms with Crippen LogP contribution in [0, 0.1) is 28.6 Å². The Labute approximate surface area is 182 Å². The Kier molecular flexibility index (Phi) is 4.54. The van der Waals surface area contributed by atoms with E-state index in [1.807, 2.05) is 0 Å². The number of rotatable bonds is 2. The molecule has 2 aliphatic heterocycles. The van der Waals surface area contributed by atoms with Crippen molar-refractivity contribution in [1.29, 1.82) is 0 Å². The number of carbonyl (C=O) groups excluding carboxylic acids is 1. The van der Waals surface area contributed by atoms with Gasteiger partial charge in [-0.05, 0) is 112 Å². The summed E-state index contributed by atoms with van der Waals surface area (Å²) in [5.74, 6) is 2.70. The Morgan fingerprint density at radius 3 is 2.43 bits per heavy atom. The summed E-state index contributed by atoms with van der Waals surface area (Å²) in [6.45, 7) is 9.76. The topological polar surface area (TPSA) is 23.6 Å². The van der Waals surface area contributed by atoms with Gasteiger partial charge in [-0.15, -0.1) is 0 Å². The fraction of sp³-hybridized carbons (Fsp3) is 0.815. The molecule has 0 amide bonds. The average molecular weight is 409 g/mol. The van der Waals surface area contributed by atoms with Crippen LogP contribution in [0.2, 0.25) is 0 Å². The lowest BCUT2D eigenvalue weighted by Crippen LogP contribution is -2.50. The van der Waals surface area contributed by atoms with Crippen LogP contribution < -0.4 is 0 Å². The van der Waals surface area contributed by atoms with E-state index in [1.54, 1.807) is 11.3 Å². The number of fused-ring (bicyclic) bond motifs is 5. The van der Waals surface area contributed by atoms with Crippen molar-refractivity contribution in [3.05, 3.63) is 23.4 Å². The van der Waals surface area contributed by atoms with Gasteiger partial charge in [0.2, 0.25) is 0 Å². The molecule has 30 heavy (non-hydrogen) atoms. The molecule has 0 radical (unpaired) electrons. The van der Waals surface area contributed by atoms with Gasteiger partial charge >= 0.3 is 0 Å². The lowest BCUT2D eigenvalue weighted by atomic mass is 9.49. The molecular formula is C27H40N2O. The smallest absolute Gasteiger partial charge is 0.156 e. The summed E-state index contributed by atoms with van der Waals surface area (Å²) in [7, 11) is 0. The van der Waals surface area contributed by atoms with Crippen molar-refractivity contribution < 1.29 is 4.79 Å². The van der Waals surface area contributed by atoms with Crippen molar-refractivity contribution in [2.75, 3.05) is 26.2 Å². The van der Waals surface area contributed by atoms with Gasteiger partial charge in [-0.25, -0.2) is 0 Å². The summed E-state index contributed by atoms with van der Waals surface area (Å²) >= 11 is 0. The molecular weight excluding hydrogens is 368 g/mol. The van der Waals surface area contributed by atoms with Crippen LogP contribution in [-0.2, 0) is 4.79 Å². The summed E-state index contributed by atoms with van der Waals surface area (Å²) in [5.41, 5.74) is 3.53. The van der Waals surface area contributed by atoms with E-state index in [2.05, 4.69) is 35.8 Å². The molecule has 6 rings (SSSR count). The Bertz CT molecular complexity index is 787. The van der Waals surface area contributed by atoms with E-state index in [4.69, 9.17) is 0 Å². The maximum atomic E-state index is 13.6. The molecule has 0 unspecified atom stereocenters. The lowest BCUT2D eigenvalue weighted by Gasteiger charge is -2.56. The molecule has 6 aliphatic rings. The molecule has 0 N–H and O–H groups in total. The van der Waals surface area contributed by atoms with Gasteiger partial charge in [0, 0.05) is 24.2 Å². The van der Waals surface area contributed by atoms with Crippen LogP contribution in [0.15, 0.2) is 23.4 Å². The first kappa shape index (κ1) is 19.6. The van der Waals surface area contributed by atoms with Crippen molar-refractivity contribution >= 4 is 5.78 Å². The number of ketones is 1. The number of carbonyl (C=O) groups is 1. The van der Waals surface area contributed by atoms with Gasteiger partial charge in [-0.1, -0.05) is 19.9 Å². The van der Waals surface area contributed by atoms with Crippen molar-refractivity contribution in [1.82, 2.24) is 9.80 Å². The molecule has 3 nitrogen and oxygen atoms in total. The number of likely N-dealkylation sites (tertiary alicyclic amines) is 2. The number of nitrogens with zero attached hydrogens (tertiary/aromatic N) is 2. The second-order valence-corrected chi connectivity index (χ2v) is 11.8. The van der Waals surface area contributed by atoms with Gasteiger partial charge < -0.3 is 4.90 Å². The minimum absolute atomic E-state index is 0.0542. The first-order valence-corrected chi connectivity index (χ1v) is 13.0. The third-order valence-electron chi connectivity index (χ3n) is 10.6. The number of Topliss-reactive ketones (excluding diaryl/α,β-unsaturated/α-hetero) is 1. The molecule has 4 fully saturated rings. The molecule has 2 saturated heterocycles. The zero-order valence-corrected chi connectivity index (χ0v) is 19.2. The Morgan fingerprint density at radius 2 is 1.67 bits per heavy atom. The van der Waals surface area contributed by atoms with Crippen LogP contribution in [0.3, 0.4) is 0 Å². The van der Waals surface area contributed by atoms with E-state index >= 15 is 0 Å². The van der Waals surface area contributed by atoms with E-state index in [1.165, 1.54) is 64.5 Å². The predicted octanol–water partition coefficient (Wildman–Crippen LogP) is 5.18. The van der Waals surface area contributed by atoms with E-state index in [9.17, 15) is 4.79 Å². The number of allylic oxidation sites excluding steroid dienone is 4. The monoisotopic (exact) mass is 408 g/mol. The Hall–Kier alpha value is -1.09. The first-order chi connectivity index (χ1) is 14.5. The van der Waals surface area contributed by atoms with Crippen LogP contribution in [0.5, 0.6) is 0 Å². The molecule has 6 atom stereocenters. The first-order valence-electron chi connectivity index (χ1n) is 13.0. The van der Waals surface area contributed by atoms with Crippen LogP contribution >= 0.6 is 0 Å². The maximum absolute atomic E-state index is 13.6. The Balaban J connectivity index is 1.29. The van der Waals surface area contributed by atoms with Crippen LogP contribution in [-0.4, -0.2) is 47.8 Å². The molecule has 0 aromatic rings. The summed E-state index contributed by atoms with van der Waals surface area (Å²) in [6.07, 6.45) is 17.8. The number of hydrogen-bond donors (Lipinski definition) is 0. The lowest BCUT2D eigenvalue weighted by molar-refractivity contribution is -0.134. The third-order valence-corrected chi connectivity index (χ3v) is 10.6. The van der Waals surface area contributed by atoms with Crippen LogP contribution in [0.25, 0.3) is 0 Å². The fourth-order valence-electron chi connectivity index (χ4n) is 8.72. The largest absolute Gasteiger partial charge is 0.375 e. The summed E-state index contributed by atoms with van der Waals surface area (Å²) in [5, 5.41) is 0. The highest BCUT2D eigenvalue weighted by Gasteiger charge is 2.61. The molecule has 2 heterocycles. The second-order valence-electron chi connectivity index (χ2n) is 11.8. The van der Waals surface area contributed by atoms with Crippen molar-refractivity contribution in [2.24, 2.45) is 28.6 Å². The standard InChI is InChI=1S/C27H40N2O/c1-26-11-9-20(28-13-3-4-14-28)17-19(26)7-8-21-22(26)10-12-27(2)23(21)18-24(25(27)30)29-15-5-6-16-29/h7,17,21-24H,3-6,8-16,18H2,1-2H3/t21-,22+,23+,24+,26+,27+/m1/s1. The highest BCUT2D eigenvalue weighted by molar-refractivity contribution is 5.92. The van der Waals surface area contributed by atoms with E-state index in [0.29, 0.717) is 17.1 Å². The van der Waals surface area contributed by atoms with Gasteiger partial charge in [0.05, 0.1) is 6.04 Å². The molecule has 0 spiro atoms. The summed E-state index contributed by atoms with van der Waals surface area (Å²) in [6, 6.07) is 0.229. The van der Waals surface area contributed by atoms with Crippen molar-refractivity contribution in [3.8, 4) is 0 Å². The van der Waals surface area contributed by atoms with E-state index in [0.717, 1.165) is 37.8 Å². The van der Waals surface area contributed by atoms with Gasteiger partial charge in [0.15, 0.2) is 5.78 Å². The van der Waals surface area contributed by atoms with E-state index < -0.39 is 0 Å². The van der Waals surface area contributed by atoms with Crippen molar-refractivity contribution in [2.45, 2.75) is 84.1 Å². The average Bonchev–Trinajstić information content (AvgIpc) is 3.49. The molecule has 0 bridgehead atoms.